The molecule has 3 aromatic rings. The molecule has 0 aliphatic carbocycles. The van der Waals surface area contributed by atoms with Crippen LogP contribution in [-0.2, 0) is 13.9 Å². The van der Waals surface area contributed by atoms with Crippen molar-refractivity contribution < 1.29 is 13.9 Å². The number of rotatable bonds is 12. The fourth-order valence-corrected chi connectivity index (χ4v) is 10.2. The van der Waals surface area contributed by atoms with Crippen molar-refractivity contribution >= 4 is 24.8 Å². The van der Waals surface area contributed by atoms with Crippen LogP contribution in [-0.4, -0.2) is 41.4 Å². The van der Waals surface area contributed by atoms with Crippen molar-refractivity contribution in [3.8, 4) is 0 Å². The molecule has 0 amide bonds. The predicted molar refractivity (Wildman–Crippen MR) is 159 cm³/mol. The Kier molecular flexibility index (Phi) is 10.5. The molecule has 0 aromatic heterocycles. The van der Waals surface area contributed by atoms with Gasteiger partial charge in [-0.1, -0.05) is 138 Å². The number of hydrogen-bond acceptors (Lipinski definition) is 3. The van der Waals surface area contributed by atoms with E-state index in [9.17, 15) is 0 Å². The molecule has 0 N–H and O–H groups in total. The topological polar surface area (TPSA) is 27.7 Å². The lowest BCUT2D eigenvalue weighted by Gasteiger charge is -2.44. The highest BCUT2D eigenvalue weighted by Crippen LogP contribution is 2.37. The first-order chi connectivity index (χ1) is 17.7. The summed E-state index contributed by atoms with van der Waals surface area (Å²) in [7, 11) is 0.969. The van der Waals surface area contributed by atoms with E-state index in [1.54, 1.807) is 14.2 Å². The molecule has 0 bridgehead atoms. The van der Waals surface area contributed by atoms with Crippen LogP contribution in [0.15, 0.2) is 97.1 Å². The van der Waals surface area contributed by atoms with E-state index in [1.165, 1.54) is 10.4 Å². The summed E-state index contributed by atoms with van der Waals surface area (Å²) in [6.07, 6.45) is 4.17. The fourth-order valence-electron chi connectivity index (χ4n) is 5.50. The minimum Gasteiger partial charge on any atom is -0.407 e. The maximum absolute atomic E-state index is 7.20. The Morgan fingerprint density at radius 1 is 0.730 bits per heavy atom. The predicted octanol–water partition coefficient (Wildman–Crippen LogP) is 6.58. The maximum atomic E-state index is 7.20. The van der Waals surface area contributed by atoms with E-state index in [-0.39, 0.29) is 29.1 Å². The van der Waals surface area contributed by atoms with Crippen LogP contribution in [0.25, 0.3) is 6.08 Å². The Morgan fingerprint density at radius 2 is 1.22 bits per heavy atom. The maximum Gasteiger partial charge on any atom is 0.261 e. The van der Waals surface area contributed by atoms with Crippen LogP contribution < -0.4 is 10.4 Å². The third-order valence-corrected chi connectivity index (χ3v) is 12.4. The molecule has 0 heterocycles. The molecule has 3 rings (SSSR count). The number of hydrogen-bond donors (Lipinski definition) is 0. The van der Waals surface area contributed by atoms with Crippen LogP contribution >= 0.6 is 0 Å². The summed E-state index contributed by atoms with van der Waals surface area (Å²) >= 11 is 0. The second-order valence-corrected chi connectivity index (χ2v) is 15.3. The van der Waals surface area contributed by atoms with Crippen molar-refractivity contribution in [2.45, 2.75) is 51.9 Å². The van der Waals surface area contributed by atoms with Crippen LogP contribution in [0.2, 0.25) is 5.04 Å². The van der Waals surface area contributed by atoms with Gasteiger partial charge < -0.3 is 13.9 Å². The molecule has 0 saturated carbocycles. The average Bonchev–Trinajstić information content (AvgIpc) is 2.91. The van der Waals surface area contributed by atoms with Crippen LogP contribution in [0, 0.1) is 11.8 Å². The molecule has 0 spiro atoms. The van der Waals surface area contributed by atoms with Gasteiger partial charge in [0, 0.05) is 32.7 Å². The van der Waals surface area contributed by atoms with Crippen molar-refractivity contribution in [3.63, 3.8) is 0 Å². The third-order valence-electron chi connectivity index (χ3n) is 7.40. The van der Waals surface area contributed by atoms with Gasteiger partial charge in [0.2, 0.25) is 0 Å². The Bertz CT molecular complexity index is 1040. The van der Waals surface area contributed by atoms with E-state index in [0.29, 0.717) is 6.61 Å². The molecule has 198 valence electrons. The smallest absolute Gasteiger partial charge is 0.261 e. The van der Waals surface area contributed by atoms with Crippen LogP contribution in [0.5, 0.6) is 0 Å². The molecule has 0 aliphatic heterocycles. The molecule has 0 unspecified atom stereocenters. The minimum atomic E-state index is -2.60. The lowest BCUT2D eigenvalue weighted by molar-refractivity contribution is -0.0420. The fraction of sp³-hybridized carbons (Fsp3) is 0.394. The van der Waals surface area contributed by atoms with Gasteiger partial charge in [-0.15, -0.1) is 0 Å². The Hall–Kier alpha value is -2.50. The van der Waals surface area contributed by atoms with E-state index < -0.39 is 8.32 Å². The Morgan fingerprint density at radius 3 is 1.65 bits per heavy atom. The zero-order chi connectivity index (χ0) is 26.9. The second-order valence-electron chi connectivity index (χ2n) is 11.0. The molecule has 0 fully saturated rings. The zero-order valence-electron chi connectivity index (χ0n) is 23.6. The minimum absolute atomic E-state index is 0.0245. The summed E-state index contributed by atoms with van der Waals surface area (Å²) in [5, 5.41) is 2.53. The van der Waals surface area contributed by atoms with Gasteiger partial charge in [-0.25, -0.2) is 0 Å². The molecule has 37 heavy (non-hydrogen) atoms. The van der Waals surface area contributed by atoms with Crippen molar-refractivity contribution in [2.24, 2.45) is 11.8 Å². The second kappa shape index (κ2) is 13.3. The first kappa shape index (κ1) is 29.1. The number of ether oxygens (including phenoxy) is 2. The van der Waals surface area contributed by atoms with Gasteiger partial charge in [0.15, 0.2) is 0 Å². The van der Waals surface area contributed by atoms with Crippen LogP contribution in [0.1, 0.15) is 40.2 Å². The van der Waals surface area contributed by atoms with E-state index in [4.69, 9.17) is 13.9 Å². The molecular formula is C33H44O3Si. The third kappa shape index (κ3) is 6.88. The highest BCUT2D eigenvalue weighted by atomic mass is 28.4. The Balaban J connectivity index is 1.87. The molecule has 4 atom stereocenters. The van der Waals surface area contributed by atoms with Gasteiger partial charge in [0.1, 0.15) is 0 Å². The molecule has 3 nitrogen and oxygen atoms in total. The largest absolute Gasteiger partial charge is 0.407 e. The first-order valence-electron chi connectivity index (χ1n) is 13.3. The van der Waals surface area contributed by atoms with Crippen molar-refractivity contribution in [3.05, 3.63) is 103 Å². The van der Waals surface area contributed by atoms with Gasteiger partial charge in [0.05, 0.1) is 12.2 Å². The van der Waals surface area contributed by atoms with E-state index >= 15 is 0 Å². The van der Waals surface area contributed by atoms with Crippen LogP contribution in [0.4, 0.5) is 0 Å². The van der Waals surface area contributed by atoms with Gasteiger partial charge in [-0.3, -0.25) is 0 Å². The normalized spacial score (nSPS) is 15.9. The lowest BCUT2D eigenvalue weighted by Crippen LogP contribution is -2.67. The van der Waals surface area contributed by atoms with Crippen molar-refractivity contribution in [1.29, 1.82) is 0 Å². The highest BCUT2D eigenvalue weighted by molar-refractivity contribution is 6.99. The van der Waals surface area contributed by atoms with Gasteiger partial charge in [0.25, 0.3) is 8.32 Å². The van der Waals surface area contributed by atoms with Crippen LogP contribution in [0.3, 0.4) is 0 Å². The molecule has 0 aliphatic rings. The monoisotopic (exact) mass is 516 g/mol. The van der Waals surface area contributed by atoms with Gasteiger partial charge in [-0.2, -0.15) is 0 Å². The zero-order valence-corrected chi connectivity index (χ0v) is 24.6. The Labute approximate surface area is 225 Å². The average molecular weight is 517 g/mol. The molecule has 0 saturated heterocycles. The van der Waals surface area contributed by atoms with E-state index in [0.717, 1.165) is 5.56 Å². The van der Waals surface area contributed by atoms with Crippen molar-refractivity contribution in [1.82, 2.24) is 0 Å². The van der Waals surface area contributed by atoms with E-state index in [2.05, 4.69) is 120 Å². The SMILES string of the molecule is CO[C@H]([C@H](C)[C@H](/C=C/c1ccccc1)OC)[C@@H](C)CO[Si](c1ccccc1)(c1ccccc1)C(C)(C)C. The standard InChI is InChI=1S/C33H44O3Si/c1-26(32(35-7)27(2)31(34-6)24-23-28-17-11-8-12-18-28)25-36-37(33(3,4)5,29-19-13-9-14-20-29)30-21-15-10-16-22-30/h8-24,26-27,31-32H,25H2,1-7H3/b24-23+/t26-,27+,31-,32-/m0/s1. The van der Waals surface area contributed by atoms with Crippen molar-refractivity contribution in [2.75, 3.05) is 20.8 Å². The summed E-state index contributed by atoms with van der Waals surface area (Å²) in [5.41, 5.74) is 1.16. The van der Waals surface area contributed by atoms with Gasteiger partial charge >= 0.3 is 0 Å². The number of benzene rings is 3. The molecule has 0 radical (unpaired) electrons. The summed E-state index contributed by atoms with van der Waals surface area (Å²) in [5.74, 6) is 0.317. The first-order valence-corrected chi connectivity index (χ1v) is 15.2. The lowest BCUT2D eigenvalue weighted by atomic mass is 9.89. The molecule has 3 aromatic carbocycles. The van der Waals surface area contributed by atoms with E-state index in [1.807, 2.05) is 18.2 Å². The summed E-state index contributed by atoms with van der Waals surface area (Å²) in [6, 6.07) is 31.9. The summed E-state index contributed by atoms with van der Waals surface area (Å²) < 4.78 is 19.2. The number of methoxy groups -OCH3 is 2. The van der Waals surface area contributed by atoms with Gasteiger partial charge in [-0.05, 0) is 21.0 Å². The molecule has 4 heteroatoms. The molecular weight excluding hydrogens is 472 g/mol. The summed E-state index contributed by atoms with van der Waals surface area (Å²) in [6.45, 7) is 12.0. The quantitative estimate of drug-likeness (QED) is 0.255. The highest BCUT2D eigenvalue weighted by Gasteiger charge is 2.50. The summed E-state index contributed by atoms with van der Waals surface area (Å²) in [4.78, 5) is 0.